The average molecular weight is 229 g/mol. The maximum absolute atomic E-state index is 13.5. The molecule has 2 aromatic carbocycles. The van der Waals surface area contributed by atoms with Crippen LogP contribution in [0.15, 0.2) is 36.2 Å². The first-order valence-electron chi connectivity index (χ1n) is 5.06. The number of hydrogen-bond donors (Lipinski definition) is 2. The zero-order valence-corrected chi connectivity index (χ0v) is 8.70. The lowest BCUT2D eigenvalue weighted by Crippen LogP contribution is -2.10. The monoisotopic (exact) mass is 229 g/mol. The maximum atomic E-state index is 13.5. The zero-order chi connectivity index (χ0) is 12.2. The number of ketones is 1. The van der Waals surface area contributed by atoms with E-state index in [0.29, 0.717) is 22.0 Å². The van der Waals surface area contributed by atoms with Crippen LogP contribution in [-0.2, 0) is 0 Å². The van der Waals surface area contributed by atoms with E-state index in [4.69, 9.17) is 5.73 Å². The lowest BCUT2D eigenvalue weighted by atomic mass is 9.90. The zero-order valence-electron chi connectivity index (χ0n) is 8.70. The van der Waals surface area contributed by atoms with Crippen molar-refractivity contribution in [1.82, 2.24) is 0 Å². The molecular formula is C13H8FNO2. The number of carbonyl (C=O) groups is 1. The molecule has 1 aliphatic carbocycles. The molecule has 0 saturated heterocycles. The van der Waals surface area contributed by atoms with Crippen molar-refractivity contribution in [2.75, 3.05) is 5.73 Å². The third kappa shape index (κ3) is 1.12. The second-order valence-corrected chi connectivity index (χ2v) is 3.92. The van der Waals surface area contributed by atoms with Crippen LogP contribution in [0.3, 0.4) is 0 Å². The molecule has 2 aromatic rings. The van der Waals surface area contributed by atoms with Crippen molar-refractivity contribution in [1.29, 1.82) is 0 Å². The molecule has 84 valence electrons. The molecule has 0 fully saturated rings. The van der Waals surface area contributed by atoms with Gasteiger partial charge in [0.1, 0.15) is 0 Å². The van der Waals surface area contributed by atoms with Crippen molar-refractivity contribution in [3.63, 3.8) is 0 Å². The number of hydrogen-bond acceptors (Lipinski definition) is 3. The summed E-state index contributed by atoms with van der Waals surface area (Å²) in [6, 6.07) is 8.01. The van der Waals surface area contributed by atoms with E-state index in [9.17, 15) is 14.3 Å². The minimum absolute atomic E-state index is 0.236. The van der Waals surface area contributed by atoms with Crippen LogP contribution < -0.4 is 5.73 Å². The summed E-state index contributed by atoms with van der Waals surface area (Å²) < 4.78 is 13.5. The van der Waals surface area contributed by atoms with Gasteiger partial charge in [0.15, 0.2) is 5.76 Å². The summed E-state index contributed by atoms with van der Waals surface area (Å²) in [5.41, 5.74) is 6.83. The highest BCUT2D eigenvalue weighted by Gasteiger charge is 2.28. The summed E-state index contributed by atoms with van der Waals surface area (Å²) in [6.07, 6.45) is 0. The first kappa shape index (κ1) is 9.84. The number of Topliss-reactive ketones (excluding diaryl/α,β-unsaturated/α-hetero) is 1. The van der Waals surface area contributed by atoms with Crippen molar-refractivity contribution in [3.05, 3.63) is 47.3 Å². The molecule has 0 saturated carbocycles. The van der Waals surface area contributed by atoms with E-state index in [1.54, 1.807) is 24.3 Å². The molecule has 0 aliphatic heterocycles. The summed E-state index contributed by atoms with van der Waals surface area (Å²) in [6.45, 7) is 0. The summed E-state index contributed by atoms with van der Waals surface area (Å²) in [5, 5.41) is 10.8. The number of aliphatic hydroxyl groups is 1. The SMILES string of the molecule is Nc1ccc2c3c(cccc13)C(O)=C(F)C2=O. The molecule has 3 rings (SSSR count). The highest BCUT2D eigenvalue weighted by atomic mass is 19.1. The fourth-order valence-electron chi connectivity index (χ4n) is 2.16. The average Bonchev–Trinajstić information content (AvgIpc) is 2.35. The summed E-state index contributed by atoms with van der Waals surface area (Å²) in [5.74, 6) is -2.53. The normalized spacial score (nSPS) is 14.5. The van der Waals surface area contributed by atoms with Gasteiger partial charge in [0.2, 0.25) is 11.6 Å². The molecular weight excluding hydrogens is 221 g/mol. The van der Waals surface area contributed by atoms with Gasteiger partial charge in [-0.05, 0) is 12.1 Å². The molecule has 3 nitrogen and oxygen atoms in total. The Labute approximate surface area is 96.0 Å². The number of benzene rings is 2. The van der Waals surface area contributed by atoms with Gasteiger partial charge in [0.25, 0.3) is 0 Å². The van der Waals surface area contributed by atoms with Crippen LogP contribution in [0.4, 0.5) is 10.1 Å². The Hall–Kier alpha value is -2.36. The molecule has 0 spiro atoms. The van der Waals surface area contributed by atoms with Gasteiger partial charge < -0.3 is 10.8 Å². The van der Waals surface area contributed by atoms with Gasteiger partial charge in [-0.3, -0.25) is 4.79 Å². The predicted molar refractivity (Wildman–Crippen MR) is 63.3 cm³/mol. The summed E-state index contributed by atoms with van der Waals surface area (Å²) >= 11 is 0. The van der Waals surface area contributed by atoms with Crippen LogP contribution in [0.25, 0.3) is 16.5 Å². The van der Waals surface area contributed by atoms with Gasteiger partial charge in [-0.1, -0.05) is 18.2 Å². The van der Waals surface area contributed by atoms with E-state index in [2.05, 4.69) is 0 Å². The molecule has 0 unspecified atom stereocenters. The van der Waals surface area contributed by atoms with E-state index < -0.39 is 17.4 Å². The molecule has 0 amide bonds. The third-order valence-electron chi connectivity index (χ3n) is 2.98. The molecule has 1 aliphatic rings. The van der Waals surface area contributed by atoms with Gasteiger partial charge in [-0.15, -0.1) is 0 Å². The molecule has 0 atom stereocenters. The molecule has 0 bridgehead atoms. The maximum Gasteiger partial charge on any atom is 0.225 e. The Morgan fingerprint density at radius 1 is 1.12 bits per heavy atom. The number of aliphatic hydroxyl groups excluding tert-OH is 1. The lowest BCUT2D eigenvalue weighted by molar-refractivity contribution is 0.100. The Balaban J connectivity index is 2.59. The number of anilines is 1. The molecule has 0 aromatic heterocycles. The van der Waals surface area contributed by atoms with Gasteiger partial charge in [-0.25, -0.2) is 0 Å². The summed E-state index contributed by atoms with van der Waals surface area (Å²) in [4.78, 5) is 11.7. The van der Waals surface area contributed by atoms with E-state index >= 15 is 0 Å². The Morgan fingerprint density at radius 3 is 2.65 bits per heavy atom. The summed E-state index contributed by atoms with van der Waals surface area (Å²) in [7, 11) is 0. The minimum Gasteiger partial charge on any atom is -0.504 e. The van der Waals surface area contributed by atoms with E-state index in [-0.39, 0.29) is 5.56 Å². The predicted octanol–water partition coefficient (Wildman–Crippen LogP) is 2.81. The van der Waals surface area contributed by atoms with Crippen LogP contribution in [0, 0.1) is 0 Å². The van der Waals surface area contributed by atoms with E-state index in [0.717, 1.165) is 0 Å². The van der Waals surface area contributed by atoms with Gasteiger partial charge >= 0.3 is 0 Å². The number of carbonyl (C=O) groups excluding carboxylic acids is 1. The smallest absolute Gasteiger partial charge is 0.225 e. The Kier molecular flexibility index (Phi) is 1.78. The third-order valence-corrected chi connectivity index (χ3v) is 2.98. The van der Waals surface area contributed by atoms with Crippen LogP contribution in [0.2, 0.25) is 0 Å². The highest BCUT2D eigenvalue weighted by Crippen LogP contribution is 2.37. The fourth-order valence-corrected chi connectivity index (χ4v) is 2.16. The van der Waals surface area contributed by atoms with Crippen molar-refractivity contribution >= 4 is 28.0 Å². The molecule has 0 radical (unpaired) electrons. The molecule has 17 heavy (non-hydrogen) atoms. The quantitative estimate of drug-likeness (QED) is 0.683. The first-order valence-corrected chi connectivity index (χ1v) is 5.06. The molecule has 0 heterocycles. The van der Waals surface area contributed by atoms with Crippen molar-refractivity contribution in [2.24, 2.45) is 0 Å². The van der Waals surface area contributed by atoms with Gasteiger partial charge in [0, 0.05) is 27.6 Å². The second-order valence-electron chi connectivity index (χ2n) is 3.92. The fraction of sp³-hybridized carbons (Fsp3) is 0. The van der Waals surface area contributed by atoms with Crippen molar-refractivity contribution in [2.45, 2.75) is 0 Å². The van der Waals surface area contributed by atoms with Gasteiger partial charge in [-0.2, -0.15) is 4.39 Å². The first-order chi connectivity index (χ1) is 8.11. The Morgan fingerprint density at radius 2 is 1.88 bits per heavy atom. The van der Waals surface area contributed by atoms with E-state index in [1.165, 1.54) is 6.07 Å². The second kappa shape index (κ2) is 3.07. The number of nitrogens with two attached hydrogens (primary N) is 1. The van der Waals surface area contributed by atoms with Crippen LogP contribution in [-0.4, -0.2) is 10.9 Å². The van der Waals surface area contributed by atoms with Gasteiger partial charge in [0.05, 0.1) is 0 Å². The standard InChI is InChI=1S/C13H8FNO2/c14-11-12(16)7-3-1-2-6-9(15)5-4-8(10(6)7)13(11)17/h1-5,16H,15H2. The van der Waals surface area contributed by atoms with Crippen LogP contribution in [0.1, 0.15) is 15.9 Å². The molecule has 3 N–H and O–H groups in total. The number of allylic oxidation sites excluding steroid dienone is 1. The van der Waals surface area contributed by atoms with E-state index in [1.807, 2.05) is 0 Å². The largest absolute Gasteiger partial charge is 0.504 e. The minimum atomic E-state index is -1.12. The number of halogens is 1. The Bertz CT molecular complexity index is 704. The molecule has 4 heteroatoms. The van der Waals surface area contributed by atoms with Crippen molar-refractivity contribution in [3.8, 4) is 0 Å². The highest BCUT2D eigenvalue weighted by molar-refractivity contribution is 6.24. The lowest BCUT2D eigenvalue weighted by Gasteiger charge is -2.16. The van der Waals surface area contributed by atoms with Crippen LogP contribution in [0.5, 0.6) is 0 Å². The van der Waals surface area contributed by atoms with Crippen molar-refractivity contribution < 1.29 is 14.3 Å². The number of rotatable bonds is 0. The topological polar surface area (TPSA) is 63.3 Å². The number of nitrogen functional groups attached to an aromatic ring is 1. The van der Waals surface area contributed by atoms with Crippen LogP contribution >= 0.6 is 0 Å².